The fraction of sp³-hybridized carbons (Fsp3) is 0.467. The quantitative estimate of drug-likeness (QED) is 0.573. The third-order valence-corrected chi connectivity index (χ3v) is 3.58. The van der Waals surface area contributed by atoms with Gasteiger partial charge in [0, 0.05) is 5.92 Å². The summed E-state index contributed by atoms with van der Waals surface area (Å²) in [5.41, 5.74) is 4.88. The second-order valence-electron chi connectivity index (χ2n) is 4.38. The summed E-state index contributed by atoms with van der Waals surface area (Å²) in [7, 11) is 0. The van der Waals surface area contributed by atoms with Crippen molar-refractivity contribution in [3.63, 3.8) is 0 Å². The van der Waals surface area contributed by atoms with Crippen molar-refractivity contribution < 1.29 is 0 Å². The number of allylic oxidation sites excluding steroid dienone is 8. The van der Waals surface area contributed by atoms with E-state index in [1.807, 2.05) is 0 Å². The molecular formula is C15H20. The first-order chi connectivity index (χ1) is 7.35. The van der Waals surface area contributed by atoms with E-state index in [2.05, 4.69) is 44.2 Å². The first kappa shape index (κ1) is 10.5. The van der Waals surface area contributed by atoms with E-state index in [-0.39, 0.29) is 0 Å². The Kier molecular flexibility index (Phi) is 3.25. The summed E-state index contributed by atoms with van der Waals surface area (Å²) in [6, 6.07) is 0. The smallest absolute Gasteiger partial charge is 0.00553 e. The van der Waals surface area contributed by atoms with E-state index >= 15 is 0 Å². The Morgan fingerprint density at radius 3 is 2.67 bits per heavy atom. The maximum atomic E-state index is 2.42. The van der Waals surface area contributed by atoms with E-state index in [9.17, 15) is 0 Å². The first-order valence-corrected chi connectivity index (χ1v) is 6.09. The fourth-order valence-electron chi connectivity index (χ4n) is 2.59. The van der Waals surface area contributed by atoms with Gasteiger partial charge in [-0.2, -0.15) is 0 Å². The van der Waals surface area contributed by atoms with Crippen molar-refractivity contribution in [3.05, 3.63) is 47.1 Å². The summed E-state index contributed by atoms with van der Waals surface area (Å²) in [6.45, 7) is 4.57. The van der Waals surface area contributed by atoms with Crippen molar-refractivity contribution in [1.82, 2.24) is 0 Å². The highest BCUT2D eigenvalue weighted by Crippen LogP contribution is 2.34. The molecule has 0 radical (unpaired) electrons. The van der Waals surface area contributed by atoms with E-state index < -0.39 is 0 Å². The molecule has 0 saturated carbocycles. The Morgan fingerprint density at radius 2 is 1.93 bits per heavy atom. The van der Waals surface area contributed by atoms with Gasteiger partial charge in [-0.3, -0.25) is 0 Å². The van der Waals surface area contributed by atoms with Crippen LogP contribution in [0.15, 0.2) is 47.1 Å². The fourth-order valence-corrected chi connectivity index (χ4v) is 2.59. The SMILES string of the molecule is CCC1=C(CC)CC2C=CC=CC2=CC1. The summed E-state index contributed by atoms with van der Waals surface area (Å²) in [6.07, 6.45) is 16.2. The minimum atomic E-state index is 0.647. The molecule has 1 atom stereocenters. The lowest BCUT2D eigenvalue weighted by atomic mass is 9.88. The Morgan fingerprint density at radius 1 is 1.13 bits per heavy atom. The largest absolute Gasteiger partial charge is 0.0767 e. The zero-order valence-electron chi connectivity index (χ0n) is 9.79. The molecule has 0 heterocycles. The van der Waals surface area contributed by atoms with Gasteiger partial charge in [0.2, 0.25) is 0 Å². The lowest BCUT2D eigenvalue weighted by Crippen LogP contribution is -2.02. The van der Waals surface area contributed by atoms with Gasteiger partial charge < -0.3 is 0 Å². The molecule has 80 valence electrons. The summed E-state index contributed by atoms with van der Waals surface area (Å²) in [4.78, 5) is 0. The van der Waals surface area contributed by atoms with Crippen LogP contribution in [0.5, 0.6) is 0 Å². The number of fused-ring (bicyclic) bond motifs is 1. The summed E-state index contributed by atoms with van der Waals surface area (Å²) >= 11 is 0. The van der Waals surface area contributed by atoms with Crippen LogP contribution in [-0.2, 0) is 0 Å². The normalized spacial score (nSPS) is 24.9. The molecule has 0 amide bonds. The van der Waals surface area contributed by atoms with Crippen LogP contribution in [0.3, 0.4) is 0 Å². The molecule has 0 N–H and O–H groups in total. The molecule has 0 spiro atoms. The standard InChI is InChI=1S/C15H20/c1-3-12-9-10-14-7-5-6-8-15(14)11-13(12)4-2/h5-8,10,15H,3-4,9,11H2,1-2H3. The van der Waals surface area contributed by atoms with Crippen LogP contribution >= 0.6 is 0 Å². The second kappa shape index (κ2) is 4.65. The molecule has 0 aromatic rings. The summed E-state index contributed by atoms with van der Waals surface area (Å²) in [5, 5.41) is 0. The van der Waals surface area contributed by atoms with Crippen molar-refractivity contribution >= 4 is 0 Å². The summed E-state index contributed by atoms with van der Waals surface area (Å²) < 4.78 is 0. The van der Waals surface area contributed by atoms with Gasteiger partial charge >= 0.3 is 0 Å². The molecule has 0 aliphatic heterocycles. The molecule has 0 saturated heterocycles. The van der Waals surface area contributed by atoms with Crippen molar-refractivity contribution in [1.29, 1.82) is 0 Å². The second-order valence-corrected chi connectivity index (χ2v) is 4.38. The van der Waals surface area contributed by atoms with Crippen LogP contribution in [-0.4, -0.2) is 0 Å². The molecular weight excluding hydrogens is 180 g/mol. The van der Waals surface area contributed by atoms with Gasteiger partial charge in [0.05, 0.1) is 0 Å². The molecule has 2 rings (SSSR count). The molecule has 1 unspecified atom stereocenters. The molecule has 0 fully saturated rings. The van der Waals surface area contributed by atoms with Crippen LogP contribution in [0.4, 0.5) is 0 Å². The van der Waals surface area contributed by atoms with Gasteiger partial charge in [-0.1, -0.05) is 55.4 Å². The topological polar surface area (TPSA) is 0 Å². The van der Waals surface area contributed by atoms with Crippen LogP contribution in [0.25, 0.3) is 0 Å². The zero-order chi connectivity index (χ0) is 10.7. The Balaban J connectivity index is 2.28. The Labute approximate surface area is 93.1 Å². The van der Waals surface area contributed by atoms with Crippen molar-refractivity contribution in [2.24, 2.45) is 5.92 Å². The average Bonchev–Trinajstić information content (AvgIpc) is 2.47. The monoisotopic (exact) mass is 200 g/mol. The van der Waals surface area contributed by atoms with E-state index in [4.69, 9.17) is 0 Å². The first-order valence-electron chi connectivity index (χ1n) is 6.09. The Hall–Kier alpha value is -1.04. The van der Waals surface area contributed by atoms with E-state index in [0.717, 1.165) is 0 Å². The lowest BCUT2D eigenvalue weighted by molar-refractivity contribution is 0.732. The van der Waals surface area contributed by atoms with E-state index in [1.165, 1.54) is 31.3 Å². The van der Waals surface area contributed by atoms with E-state index in [1.54, 1.807) is 11.1 Å². The highest BCUT2D eigenvalue weighted by atomic mass is 14.2. The maximum Gasteiger partial charge on any atom is 0.00553 e. The van der Waals surface area contributed by atoms with Gasteiger partial charge in [-0.25, -0.2) is 0 Å². The van der Waals surface area contributed by atoms with Crippen LogP contribution < -0.4 is 0 Å². The van der Waals surface area contributed by atoms with Gasteiger partial charge in [0.1, 0.15) is 0 Å². The maximum absolute atomic E-state index is 2.42. The van der Waals surface area contributed by atoms with Crippen molar-refractivity contribution in [2.75, 3.05) is 0 Å². The molecule has 0 heteroatoms. The third kappa shape index (κ3) is 2.14. The highest BCUT2D eigenvalue weighted by Gasteiger charge is 2.17. The predicted octanol–water partition coefficient (Wildman–Crippen LogP) is 4.57. The van der Waals surface area contributed by atoms with Crippen LogP contribution in [0, 0.1) is 5.92 Å². The third-order valence-electron chi connectivity index (χ3n) is 3.58. The Bertz CT molecular complexity index is 350. The van der Waals surface area contributed by atoms with Crippen LogP contribution in [0.1, 0.15) is 39.5 Å². The highest BCUT2D eigenvalue weighted by molar-refractivity contribution is 5.38. The minimum Gasteiger partial charge on any atom is -0.0767 e. The lowest BCUT2D eigenvalue weighted by Gasteiger charge is -2.17. The molecule has 0 aromatic carbocycles. The number of hydrogen-bond acceptors (Lipinski definition) is 0. The number of rotatable bonds is 2. The summed E-state index contributed by atoms with van der Waals surface area (Å²) in [5.74, 6) is 0.647. The van der Waals surface area contributed by atoms with Gasteiger partial charge in [-0.05, 0) is 31.3 Å². The van der Waals surface area contributed by atoms with E-state index in [0.29, 0.717) is 5.92 Å². The average molecular weight is 200 g/mol. The molecule has 0 aromatic heterocycles. The number of hydrogen-bond donors (Lipinski definition) is 0. The van der Waals surface area contributed by atoms with Crippen molar-refractivity contribution in [3.8, 4) is 0 Å². The van der Waals surface area contributed by atoms with Gasteiger partial charge in [-0.15, -0.1) is 0 Å². The van der Waals surface area contributed by atoms with Crippen molar-refractivity contribution in [2.45, 2.75) is 39.5 Å². The molecule has 0 nitrogen and oxygen atoms in total. The predicted molar refractivity (Wildman–Crippen MR) is 66.7 cm³/mol. The zero-order valence-corrected chi connectivity index (χ0v) is 9.79. The minimum absolute atomic E-state index is 0.647. The van der Waals surface area contributed by atoms with Gasteiger partial charge in [0.15, 0.2) is 0 Å². The molecule has 2 aliphatic carbocycles. The van der Waals surface area contributed by atoms with Crippen LogP contribution in [0.2, 0.25) is 0 Å². The molecule has 15 heavy (non-hydrogen) atoms. The molecule has 2 aliphatic rings. The van der Waals surface area contributed by atoms with Gasteiger partial charge in [0.25, 0.3) is 0 Å². The molecule has 0 bridgehead atoms.